The van der Waals surface area contributed by atoms with Crippen LogP contribution >= 0.6 is 0 Å². The lowest BCUT2D eigenvalue weighted by Gasteiger charge is -2.13. The van der Waals surface area contributed by atoms with Crippen LogP contribution in [0.5, 0.6) is 17.2 Å². The van der Waals surface area contributed by atoms with Crippen molar-refractivity contribution in [2.45, 2.75) is 26.7 Å². The fourth-order valence-electron chi connectivity index (χ4n) is 1.36. The maximum absolute atomic E-state index is 9.41. The Labute approximate surface area is 77.3 Å². The van der Waals surface area contributed by atoms with Crippen LogP contribution in [0, 0.1) is 6.92 Å². The summed E-state index contributed by atoms with van der Waals surface area (Å²) in [5, 5.41) is 27.8. The van der Waals surface area contributed by atoms with Gasteiger partial charge in [0.1, 0.15) is 0 Å². The Morgan fingerprint density at radius 3 is 2.08 bits per heavy atom. The predicted molar refractivity (Wildman–Crippen MR) is 50.3 cm³/mol. The summed E-state index contributed by atoms with van der Waals surface area (Å²) in [7, 11) is 0. The minimum absolute atomic E-state index is 0.206. The van der Waals surface area contributed by atoms with Gasteiger partial charge in [-0.25, -0.2) is 0 Å². The smallest absolute Gasteiger partial charge is 0.200 e. The predicted octanol–water partition coefficient (Wildman–Crippen LogP) is 2.24. The Balaban J connectivity index is 3.41. The molecule has 3 heteroatoms. The molecule has 0 aliphatic heterocycles. The van der Waals surface area contributed by atoms with Crippen molar-refractivity contribution in [3.8, 4) is 17.2 Å². The second kappa shape index (κ2) is 3.17. The molecule has 0 unspecified atom stereocenters. The van der Waals surface area contributed by atoms with E-state index in [-0.39, 0.29) is 17.4 Å². The quantitative estimate of drug-likeness (QED) is 0.584. The Kier molecular flexibility index (Phi) is 2.36. The highest BCUT2D eigenvalue weighted by molar-refractivity contribution is 5.56. The first-order chi connectivity index (χ1) is 5.95. The van der Waals surface area contributed by atoms with Crippen LogP contribution in [-0.2, 0) is 0 Å². The zero-order valence-corrected chi connectivity index (χ0v) is 8.00. The zero-order valence-electron chi connectivity index (χ0n) is 8.00. The molecule has 3 N–H and O–H groups in total. The lowest BCUT2D eigenvalue weighted by molar-refractivity contribution is 0.365. The van der Waals surface area contributed by atoms with Gasteiger partial charge in [-0.05, 0) is 30.0 Å². The SMILES string of the molecule is Cc1c(C(C)C)cc(O)c(O)c1O. The summed E-state index contributed by atoms with van der Waals surface area (Å²) in [6.07, 6.45) is 0. The van der Waals surface area contributed by atoms with Gasteiger partial charge in [0.25, 0.3) is 0 Å². The van der Waals surface area contributed by atoms with Gasteiger partial charge in [-0.15, -0.1) is 0 Å². The molecular weight excluding hydrogens is 168 g/mol. The number of rotatable bonds is 1. The molecule has 3 nitrogen and oxygen atoms in total. The van der Waals surface area contributed by atoms with Gasteiger partial charge in [-0.3, -0.25) is 0 Å². The lowest BCUT2D eigenvalue weighted by atomic mass is 9.96. The molecule has 1 rings (SSSR count). The third-order valence-corrected chi connectivity index (χ3v) is 2.17. The molecule has 0 fully saturated rings. The number of aromatic hydroxyl groups is 3. The van der Waals surface area contributed by atoms with Crippen molar-refractivity contribution in [3.63, 3.8) is 0 Å². The van der Waals surface area contributed by atoms with E-state index in [0.717, 1.165) is 5.56 Å². The standard InChI is InChI=1S/C10H14O3/c1-5(2)7-4-8(11)10(13)9(12)6(7)3/h4-5,11-13H,1-3H3. The molecule has 0 amide bonds. The van der Waals surface area contributed by atoms with Crippen molar-refractivity contribution in [3.05, 3.63) is 17.2 Å². The van der Waals surface area contributed by atoms with Crippen LogP contribution in [0.1, 0.15) is 30.9 Å². The molecule has 0 radical (unpaired) electrons. The third kappa shape index (κ3) is 1.54. The summed E-state index contributed by atoms with van der Waals surface area (Å²) < 4.78 is 0. The fourth-order valence-corrected chi connectivity index (χ4v) is 1.36. The number of hydrogen-bond acceptors (Lipinski definition) is 3. The van der Waals surface area contributed by atoms with Gasteiger partial charge in [0.05, 0.1) is 0 Å². The maximum atomic E-state index is 9.41. The summed E-state index contributed by atoms with van der Waals surface area (Å²) in [4.78, 5) is 0. The first-order valence-corrected chi connectivity index (χ1v) is 4.19. The summed E-state index contributed by atoms with van der Waals surface area (Å²) >= 11 is 0. The van der Waals surface area contributed by atoms with E-state index in [0.29, 0.717) is 5.56 Å². The number of phenols is 3. The van der Waals surface area contributed by atoms with Crippen molar-refractivity contribution in [1.82, 2.24) is 0 Å². The molecule has 13 heavy (non-hydrogen) atoms. The summed E-state index contributed by atoms with van der Waals surface area (Å²) in [6, 6.07) is 1.48. The highest BCUT2D eigenvalue weighted by Crippen LogP contribution is 2.41. The zero-order chi connectivity index (χ0) is 10.2. The van der Waals surface area contributed by atoms with Crippen LogP contribution in [0.2, 0.25) is 0 Å². The second-order valence-electron chi connectivity index (χ2n) is 3.46. The van der Waals surface area contributed by atoms with Gasteiger partial charge in [0, 0.05) is 0 Å². The molecule has 0 spiro atoms. The lowest BCUT2D eigenvalue weighted by Crippen LogP contribution is -1.92. The first-order valence-electron chi connectivity index (χ1n) is 4.19. The minimum atomic E-state index is -0.443. The van der Waals surface area contributed by atoms with E-state index in [4.69, 9.17) is 0 Å². The number of benzene rings is 1. The second-order valence-corrected chi connectivity index (χ2v) is 3.46. The van der Waals surface area contributed by atoms with E-state index in [2.05, 4.69) is 0 Å². The fraction of sp³-hybridized carbons (Fsp3) is 0.400. The van der Waals surface area contributed by atoms with E-state index < -0.39 is 5.75 Å². The van der Waals surface area contributed by atoms with Crippen LogP contribution in [0.25, 0.3) is 0 Å². The van der Waals surface area contributed by atoms with Crippen molar-refractivity contribution in [1.29, 1.82) is 0 Å². The largest absolute Gasteiger partial charge is 0.504 e. The van der Waals surface area contributed by atoms with Crippen molar-refractivity contribution in [2.24, 2.45) is 0 Å². The first kappa shape index (κ1) is 9.71. The Morgan fingerprint density at radius 1 is 1.08 bits per heavy atom. The van der Waals surface area contributed by atoms with Crippen molar-refractivity contribution in [2.75, 3.05) is 0 Å². The van der Waals surface area contributed by atoms with Crippen LogP contribution in [0.15, 0.2) is 6.07 Å². The molecule has 1 aromatic carbocycles. The number of hydrogen-bond donors (Lipinski definition) is 3. The van der Waals surface area contributed by atoms with Crippen LogP contribution in [-0.4, -0.2) is 15.3 Å². The van der Waals surface area contributed by atoms with Crippen LogP contribution in [0.3, 0.4) is 0 Å². The summed E-state index contributed by atoms with van der Waals surface area (Å²) in [5.74, 6) is -0.741. The molecule has 72 valence electrons. The molecule has 0 bridgehead atoms. The van der Waals surface area contributed by atoms with Crippen LogP contribution in [0.4, 0.5) is 0 Å². The maximum Gasteiger partial charge on any atom is 0.200 e. The molecule has 0 heterocycles. The molecular formula is C10H14O3. The monoisotopic (exact) mass is 182 g/mol. The number of phenolic OH excluding ortho intramolecular Hbond substituents is 3. The molecule has 0 aliphatic carbocycles. The van der Waals surface area contributed by atoms with Gasteiger partial charge in [0.2, 0.25) is 5.75 Å². The van der Waals surface area contributed by atoms with Crippen molar-refractivity contribution >= 4 is 0 Å². The Hall–Kier alpha value is -1.38. The van der Waals surface area contributed by atoms with E-state index in [1.807, 2.05) is 13.8 Å². The van der Waals surface area contributed by atoms with Gasteiger partial charge < -0.3 is 15.3 Å². The van der Waals surface area contributed by atoms with E-state index >= 15 is 0 Å². The van der Waals surface area contributed by atoms with Gasteiger partial charge in [0.15, 0.2) is 11.5 Å². The topological polar surface area (TPSA) is 60.7 Å². The normalized spacial score (nSPS) is 10.8. The molecule has 1 aromatic rings. The highest BCUT2D eigenvalue weighted by atomic mass is 16.3. The Bertz CT molecular complexity index is 329. The van der Waals surface area contributed by atoms with Gasteiger partial charge in [-0.2, -0.15) is 0 Å². The summed E-state index contributed by atoms with van der Waals surface area (Å²) in [5.41, 5.74) is 1.46. The van der Waals surface area contributed by atoms with Crippen molar-refractivity contribution < 1.29 is 15.3 Å². The molecule has 0 atom stereocenters. The average molecular weight is 182 g/mol. The van der Waals surface area contributed by atoms with E-state index in [1.165, 1.54) is 6.07 Å². The minimum Gasteiger partial charge on any atom is -0.504 e. The summed E-state index contributed by atoms with van der Waals surface area (Å²) in [6.45, 7) is 5.63. The Morgan fingerprint density at radius 2 is 1.62 bits per heavy atom. The van der Waals surface area contributed by atoms with E-state index in [9.17, 15) is 15.3 Å². The van der Waals surface area contributed by atoms with Gasteiger partial charge >= 0.3 is 0 Å². The van der Waals surface area contributed by atoms with Crippen LogP contribution < -0.4 is 0 Å². The van der Waals surface area contributed by atoms with Gasteiger partial charge in [-0.1, -0.05) is 13.8 Å². The third-order valence-electron chi connectivity index (χ3n) is 2.17. The molecule has 0 aliphatic rings. The molecule has 0 aromatic heterocycles. The molecule has 0 saturated carbocycles. The molecule has 0 saturated heterocycles. The van der Waals surface area contributed by atoms with E-state index in [1.54, 1.807) is 6.92 Å². The highest BCUT2D eigenvalue weighted by Gasteiger charge is 2.14. The average Bonchev–Trinajstić information content (AvgIpc) is 2.07.